The monoisotopic (exact) mass is 209 g/mol. The van der Waals surface area contributed by atoms with E-state index in [1.807, 2.05) is 11.8 Å². The lowest BCUT2D eigenvalue weighted by Crippen LogP contribution is -2.38. The molecule has 0 fully saturated rings. The van der Waals surface area contributed by atoms with Crippen LogP contribution in [0.25, 0.3) is 0 Å². The van der Waals surface area contributed by atoms with Gasteiger partial charge in [0.25, 0.3) is 0 Å². The van der Waals surface area contributed by atoms with Crippen LogP contribution in [0.2, 0.25) is 0 Å². The Balaban J connectivity index is 2.11. The number of methoxy groups -OCH3 is 1. The first-order valence-corrected chi connectivity index (χ1v) is 5.01. The molecule has 0 spiro atoms. The maximum absolute atomic E-state index is 11.6. The number of fused-ring (bicyclic) bond motifs is 1. The molecule has 5 nitrogen and oxygen atoms in total. The highest BCUT2D eigenvalue weighted by atomic mass is 16.5. The molecule has 0 saturated carbocycles. The van der Waals surface area contributed by atoms with Crippen molar-refractivity contribution in [2.75, 3.05) is 20.3 Å². The van der Waals surface area contributed by atoms with Gasteiger partial charge in [0, 0.05) is 37.9 Å². The Kier molecular flexibility index (Phi) is 2.73. The van der Waals surface area contributed by atoms with Crippen molar-refractivity contribution in [3.8, 4) is 0 Å². The number of hydrogen-bond acceptors (Lipinski definition) is 3. The minimum Gasteiger partial charge on any atom is -0.375 e. The number of nitrogens with zero attached hydrogens (tertiary/aromatic N) is 2. The average molecular weight is 209 g/mol. The Morgan fingerprint density at radius 1 is 1.67 bits per heavy atom. The SMILES string of the molecule is COCC(=O)N1CCc2n[nH]c(C)c2C1. The second kappa shape index (κ2) is 4.02. The summed E-state index contributed by atoms with van der Waals surface area (Å²) in [5, 5.41) is 7.15. The van der Waals surface area contributed by atoms with Crippen molar-refractivity contribution in [1.82, 2.24) is 15.1 Å². The average Bonchev–Trinajstić information content (AvgIpc) is 2.60. The van der Waals surface area contributed by atoms with Gasteiger partial charge in [-0.2, -0.15) is 5.10 Å². The van der Waals surface area contributed by atoms with Crippen LogP contribution in [0, 0.1) is 6.92 Å². The summed E-state index contributed by atoms with van der Waals surface area (Å²) in [7, 11) is 1.54. The van der Waals surface area contributed by atoms with Crippen molar-refractivity contribution >= 4 is 5.91 Å². The quantitative estimate of drug-likeness (QED) is 0.759. The fourth-order valence-electron chi connectivity index (χ4n) is 1.86. The van der Waals surface area contributed by atoms with Crippen LogP contribution in [0.15, 0.2) is 0 Å². The van der Waals surface area contributed by atoms with Crippen molar-refractivity contribution in [1.29, 1.82) is 0 Å². The van der Waals surface area contributed by atoms with Crippen molar-refractivity contribution in [3.63, 3.8) is 0 Å². The minimum atomic E-state index is 0.0451. The molecule has 82 valence electrons. The summed E-state index contributed by atoms with van der Waals surface area (Å²) >= 11 is 0. The summed E-state index contributed by atoms with van der Waals surface area (Å²) in [6.07, 6.45) is 0.828. The number of aryl methyl sites for hydroxylation is 1. The first-order chi connectivity index (χ1) is 7.22. The van der Waals surface area contributed by atoms with Crippen molar-refractivity contribution in [2.45, 2.75) is 19.9 Å². The second-order valence-corrected chi connectivity index (χ2v) is 3.77. The lowest BCUT2D eigenvalue weighted by Gasteiger charge is -2.26. The summed E-state index contributed by atoms with van der Waals surface area (Å²) in [5.74, 6) is 0.0451. The highest BCUT2D eigenvalue weighted by molar-refractivity contribution is 5.77. The highest BCUT2D eigenvalue weighted by Crippen LogP contribution is 2.19. The smallest absolute Gasteiger partial charge is 0.248 e. The van der Waals surface area contributed by atoms with Crippen LogP contribution < -0.4 is 0 Å². The zero-order chi connectivity index (χ0) is 10.8. The van der Waals surface area contributed by atoms with Crippen molar-refractivity contribution < 1.29 is 9.53 Å². The predicted molar refractivity (Wildman–Crippen MR) is 54.3 cm³/mol. The molecule has 0 atom stereocenters. The number of amides is 1. The summed E-state index contributed by atoms with van der Waals surface area (Å²) in [5.41, 5.74) is 3.31. The second-order valence-electron chi connectivity index (χ2n) is 3.77. The van der Waals surface area contributed by atoms with E-state index in [1.165, 1.54) is 7.11 Å². The third-order valence-corrected chi connectivity index (χ3v) is 2.75. The summed E-state index contributed by atoms with van der Waals surface area (Å²) in [6.45, 7) is 3.53. The van der Waals surface area contributed by atoms with Gasteiger partial charge in [-0.25, -0.2) is 0 Å². The maximum Gasteiger partial charge on any atom is 0.248 e. The van der Waals surface area contributed by atoms with Crippen LogP contribution in [-0.2, 0) is 22.5 Å². The molecule has 1 aromatic heterocycles. The fraction of sp³-hybridized carbons (Fsp3) is 0.600. The van der Waals surface area contributed by atoms with Crippen LogP contribution in [0.4, 0.5) is 0 Å². The first kappa shape index (κ1) is 10.2. The van der Waals surface area contributed by atoms with Gasteiger partial charge in [-0.3, -0.25) is 9.89 Å². The number of nitrogens with one attached hydrogen (secondary N) is 1. The molecule has 15 heavy (non-hydrogen) atoms. The molecule has 1 aliphatic rings. The fourth-order valence-corrected chi connectivity index (χ4v) is 1.86. The Morgan fingerprint density at radius 2 is 2.47 bits per heavy atom. The Bertz CT molecular complexity index is 373. The van der Waals surface area contributed by atoms with E-state index in [-0.39, 0.29) is 12.5 Å². The summed E-state index contributed by atoms with van der Waals surface area (Å²) in [6, 6.07) is 0. The van der Waals surface area contributed by atoms with Crippen LogP contribution in [0.1, 0.15) is 17.0 Å². The number of rotatable bonds is 2. The molecule has 5 heteroatoms. The molecule has 0 unspecified atom stereocenters. The van der Waals surface area contributed by atoms with Gasteiger partial charge in [0.2, 0.25) is 5.91 Å². The Labute approximate surface area is 88.4 Å². The third kappa shape index (κ3) is 1.87. The van der Waals surface area contributed by atoms with Crippen LogP contribution in [0.3, 0.4) is 0 Å². The molecule has 1 aliphatic heterocycles. The largest absolute Gasteiger partial charge is 0.375 e. The van der Waals surface area contributed by atoms with Gasteiger partial charge in [-0.1, -0.05) is 0 Å². The number of ether oxygens (including phenoxy) is 1. The minimum absolute atomic E-state index is 0.0451. The van der Waals surface area contributed by atoms with E-state index in [0.717, 1.165) is 29.9 Å². The Hall–Kier alpha value is -1.36. The summed E-state index contributed by atoms with van der Waals surface area (Å²) < 4.78 is 4.84. The van der Waals surface area contributed by atoms with Crippen LogP contribution in [-0.4, -0.2) is 41.3 Å². The van der Waals surface area contributed by atoms with E-state index < -0.39 is 0 Å². The van der Waals surface area contributed by atoms with Gasteiger partial charge in [0.05, 0.1) is 5.69 Å². The van der Waals surface area contributed by atoms with Crippen LogP contribution >= 0.6 is 0 Å². The van der Waals surface area contributed by atoms with Crippen molar-refractivity contribution in [3.05, 3.63) is 17.0 Å². The van der Waals surface area contributed by atoms with E-state index in [0.29, 0.717) is 6.54 Å². The number of carbonyl (C=O) groups is 1. The number of carbonyl (C=O) groups excluding carboxylic acids is 1. The Morgan fingerprint density at radius 3 is 3.20 bits per heavy atom. The molecule has 0 aliphatic carbocycles. The maximum atomic E-state index is 11.6. The molecular formula is C10H15N3O2. The molecule has 0 radical (unpaired) electrons. The van der Waals surface area contributed by atoms with Crippen molar-refractivity contribution in [2.24, 2.45) is 0 Å². The van der Waals surface area contributed by atoms with Gasteiger partial charge in [-0.15, -0.1) is 0 Å². The highest BCUT2D eigenvalue weighted by Gasteiger charge is 2.23. The first-order valence-electron chi connectivity index (χ1n) is 5.01. The molecule has 0 bridgehead atoms. The van der Waals surface area contributed by atoms with E-state index in [1.54, 1.807) is 0 Å². The normalized spacial score (nSPS) is 15.2. The molecule has 1 aromatic rings. The van der Waals surface area contributed by atoms with E-state index in [4.69, 9.17) is 4.74 Å². The number of H-pyrrole nitrogens is 1. The lowest BCUT2D eigenvalue weighted by atomic mass is 10.1. The van der Waals surface area contributed by atoms with Gasteiger partial charge >= 0.3 is 0 Å². The lowest BCUT2D eigenvalue weighted by molar-refractivity contribution is -0.136. The molecule has 2 heterocycles. The topological polar surface area (TPSA) is 58.2 Å². The number of aromatic nitrogens is 2. The van der Waals surface area contributed by atoms with E-state index in [9.17, 15) is 4.79 Å². The predicted octanol–water partition coefficient (Wildman–Crippen LogP) is 0.249. The standard InChI is InChI=1S/C10H15N3O2/c1-7-8-5-13(10(14)6-15-2)4-3-9(8)12-11-7/h3-6H2,1-2H3,(H,11,12). The van der Waals surface area contributed by atoms with E-state index in [2.05, 4.69) is 10.2 Å². The molecule has 0 saturated heterocycles. The molecular weight excluding hydrogens is 194 g/mol. The van der Waals surface area contributed by atoms with Crippen LogP contribution in [0.5, 0.6) is 0 Å². The third-order valence-electron chi connectivity index (χ3n) is 2.75. The van der Waals surface area contributed by atoms with Gasteiger partial charge in [0.15, 0.2) is 0 Å². The zero-order valence-electron chi connectivity index (χ0n) is 9.04. The van der Waals surface area contributed by atoms with Gasteiger partial charge < -0.3 is 9.64 Å². The number of hydrogen-bond donors (Lipinski definition) is 1. The molecule has 2 rings (SSSR count). The molecule has 1 amide bonds. The number of aromatic amines is 1. The van der Waals surface area contributed by atoms with Gasteiger partial charge in [0.1, 0.15) is 6.61 Å². The summed E-state index contributed by atoms with van der Waals surface area (Å²) in [4.78, 5) is 13.4. The van der Waals surface area contributed by atoms with Gasteiger partial charge in [-0.05, 0) is 6.92 Å². The molecule has 1 N–H and O–H groups in total. The van der Waals surface area contributed by atoms with E-state index >= 15 is 0 Å². The zero-order valence-corrected chi connectivity index (χ0v) is 9.04. The molecule has 0 aromatic carbocycles.